The quantitative estimate of drug-likeness (QED) is 0.574. The van der Waals surface area contributed by atoms with Crippen molar-refractivity contribution in [1.29, 1.82) is 0 Å². The van der Waals surface area contributed by atoms with E-state index in [1.54, 1.807) is 42.7 Å². The van der Waals surface area contributed by atoms with Crippen molar-refractivity contribution in [3.05, 3.63) is 53.9 Å². The Kier molecular flexibility index (Phi) is 6.76. The van der Waals surface area contributed by atoms with Crippen LogP contribution >= 0.6 is 0 Å². The molecular formula is C22H29N5O3S. The van der Waals surface area contributed by atoms with Crippen molar-refractivity contribution in [2.75, 3.05) is 13.1 Å². The topological polar surface area (TPSA) is 97.2 Å². The molecule has 3 aromatic rings. The van der Waals surface area contributed by atoms with Gasteiger partial charge < -0.3 is 5.32 Å². The third-order valence-electron chi connectivity index (χ3n) is 5.26. The summed E-state index contributed by atoms with van der Waals surface area (Å²) in [6, 6.07) is 8.28. The van der Waals surface area contributed by atoms with E-state index in [-0.39, 0.29) is 22.9 Å². The lowest BCUT2D eigenvalue weighted by atomic mass is 10.1. The normalized spacial score (nSPS) is 13.1. The van der Waals surface area contributed by atoms with Gasteiger partial charge in [-0.2, -0.15) is 9.40 Å². The number of fused-ring (bicyclic) bond motifs is 1. The van der Waals surface area contributed by atoms with Gasteiger partial charge in [0.2, 0.25) is 10.0 Å². The van der Waals surface area contributed by atoms with Gasteiger partial charge in [0.05, 0.1) is 22.7 Å². The van der Waals surface area contributed by atoms with Gasteiger partial charge in [-0.25, -0.2) is 18.1 Å². The van der Waals surface area contributed by atoms with Crippen LogP contribution < -0.4 is 5.32 Å². The number of nitrogens with one attached hydrogen (secondary N) is 1. The number of sulfonamides is 1. The molecule has 1 aromatic carbocycles. The number of benzene rings is 1. The predicted molar refractivity (Wildman–Crippen MR) is 120 cm³/mol. The van der Waals surface area contributed by atoms with Gasteiger partial charge in [-0.15, -0.1) is 0 Å². The van der Waals surface area contributed by atoms with Gasteiger partial charge in [0.15, 0.2) is 5.65 Å². The van der Waals surface area contributed by atoms with E-state index >= 15 is 0 Å². The Balaban J connectivity index is 1.74. The molecule has 0 spiro atoms. The van der Waals surface area contributed by atoms with Crippen molar-refractivity contribution in [3.8, 4) is 0 Å². The summed E-state index contributed by atoms with van der Waals surface area (Å²) in [7, 11) is -3.50. The molecule has 0 saturated heterocycles. The van der Waals surface area contributed by atoms with E-state index in [1.807, 2.05) is 39.3 Å². The Morgan fingerprint density at radius 2 is 1.74 bits per heavy atom. The second-order valence-electron chi connectivity index (χ2n) is 7.67. The highest BCUT2D eigenvalue weighted by atomic mass is 32.2. The number of hydrogen-bond acceptors (Lipinski definition) is 5. The number of rotatable bonds is 8. The molecule has 0 fully saturated rings. The number of aromatic nitrogens is 3. The summed E-state index contributed by atoms with van der Waals surface area (Å²) in [4.78, 5) is 17.4. The average Bonchev–Trinajstić information content (AvgIpc) is 3.18. The maximum Gasteiger partial charge on any atom is 0.253 e. The van der Waals surface area contributed by atoms with Gasteiger partial charge in [0.1, 0.15) is 0 Å². The number of carbonyl (C=O) groups is 1. The lowest BCUT2D eigenvalue weighted by molar-refractivity contribution is 0.0939. The molecular weight excluding hydrogens is 414 g/mol. The Labute approximate surface area is 183 Å². The number of hydrogen-bond donors (Lipinski definition) is 1. The van der Waals surface area contributed by atoms with Crippen LogP contribution in [0.5, 0.6) is 0 Å². The lowest BCUT2D eigenvalue weighted by Gasteiger charge is -2.19. The van der Waals surface area contributed by atoms with Gasteiger partial charge in [-0.3, -0.25) is 4.79 Å². The molecule has 2 aromatic heterocycles. The number of nitrogens with zero attached hydrogens (tertiary/aromatic N) is 4. The van der Waals surface area contributed by atoms with E-state index in [1.165, 1.54) is 4.31 Å². The second kappa shape index (κ2) is 9.15. The zero-order chi connectivity index (χ0) is 22.8. The van der Waals surface area contributed by atoms with Crippen molar-refractivity contribution in [2.45, 2.75) is 51.6 Å². The molecule has 1 N–H and O–H groups in total. The number of amides is 1. The molecule has 8 nitrogen and oxygen atoms in total. The molecule has 0 aliphatic rings. The van der Waals surface area contributed by atoms with E-state index in [0.29, 0.717) is 18.7 Å². The highest BCUT2D eigenvalue weighted by Gasteiger charge is 2.22. The first-order valence-corrected chi connectivity index (χ1v) is 11.9. The molecule has 9 heteroatoms. The van der Waals surface area contributed by atoms with Gasteiger partial charge in [0.25, 0.3) is 5.91 Å². The molecule has 0 aliphatic carbocycles. The van der Waals surface area contributed by atoms with Crippen LogP contribution in [0, 0.1) is 0 Å². The van der Waals surface area contributed by atoms with Crippen LogP contribution in [0.2, 0.25) is 0 Å². The molecule has 166 valence electrons. The molecule has 0 aliphatic heterocycles. The smallest absolute Gasteiger partial charge is 0.253 e. The fourth-order valence-electron chi connectivity index (χ4n) is 3.45. The monoisotopic (exact) mass is 443 g/mol. The van der Waals surface area contributed by atoms with E-state index in [2.05, 4.69) is 15.4 Å². The fourth-order valence-corrected chi connectivity index (χ4v) is 4.90. The van der Waals surface area contributed by atoms with Crippen LogP contribution in [0.25, 0.3) is 11.0 Å². The van der Waals surface area contributed by atoms with Gasteiger partial charge in [-0.1, -0.05) is 26.0 Å². The summed E-state index contributed by atoms with van der Waals surface area (Å²) >= 11 is 0. The van der Waals surface area contributed by atoms with Gasteiger partial charge >= 0.3 is 0 Å². The van der Waals surface area contributed by atoms with Crippen molar-refractivity contribution in [2.24, 2.45) is 0 Å². The van der Waals surface area contributed by atoms with Crippen LogP contribution in [0.15, 0.2) is 47.6 Å². The van der Waals surface area contributed by atoms with Crippen LogP contribution in [0.4, 0.5) is 0 Å². The number of pyridine rings is 1. The molecule has 2 heterocycles. The maximum absolute atomic E-state index is 12.7. The van der Waals surface area contributed by atoms with Crippen molar-refractivity contribution < 1.29 is 13.2 Å². The zero-order valence-corrected chi connectivity index (χ0v) is 19.3. The molecule has 0 radical (unpaired) electrons. The van der Waals surface area contributed by atoms with Crippen LogP contribution in [-0.4, -0.2) is 46.5 Å². The molecule has 3 rings (SSSR count). The molecule has 31 heavy (non-hydrogen) atoms. The Morgan fingerprint density at radius 1 is 1.10 bits per heavy atom. The second-order valence-corrected chi connectivity index (χ2v) is 9.61. The minimum Gasteiger partial charge on any atom is -0.345 e. The van der Waals surface area contributed by atoms with Gasteiger partial charge in [0, 0.05) is 30.7 Å². The standard InChI is InChI=1S/C22H29N5O3S/c1-6-26(7-2)31(29,30)20-10-8-17(9-11-20)16(5)25-22(28)19-12-18-14-24-27(15(3)4)21(18)23-13-19/h8-16H,6-7H2,1-5H3,(H,25,28). The minimum atomic E-state index is -3.50. The SMILES string of the molecule is CCN(CC)S(=O)(=O)c1ccc(C(C)NC(=O)c2cnc3c(cnn3C(C)C)c2)cc1. The Morgan fingerprint density at radius 3 is 2.32 bits per heavy atom. The highest BCUT2D eigenvalue weighted by molar-refractivity contribution is 7.89. The highest BCUT2D eigenvalue weighted by Crippen LogP contribution is 2.21. The molecule has 0 bridgehead atoms. The number of carbonyl (C=O) groups excluding carboxylic acids is 1. The van der Waals surface area contributed by atoms with Crippen molar-refractivity contribution >= 4 is 27.0 Å². The zero-order valence-electron chi connectivity index (χ0n) is 18.5. The van der Waals surface area contributed by atoms with E-state index in [9.17, 15) is 13.2 Å². The summed E-state index contributed by atoms with van der Waals surface area (Å²) in [5, 5.41) is 8.08. The molecule has 0 saturated carbocycles. The summed E-state index contributed by atoms with van der Waals surface area (Å²) in [6.07, 6.45) is 3.25. The van der Waals surface area contributed by atoms with E-state index in [0.717, 1.165) is 16.6 Å². The predicted octanol–water partition coefficient (Wildman–Crippen LogP) is 3.53. The summed E-state index contributed by atoms with van der Waals surface area (Å²) in [5.74, 6) is -0.251. The third-order valence-corrected chi connectivity index (χ3v) is 7.32. The summed E-state index contributed by atoms with van der Waals surface area (Å²) in [6.45, 7) is 10.4. The fraction of sp³-hybridized carbons (Fsp3) is 0.409. The average molecular weight is 444 g/mol. The Hall–Kier alpha value is -2.78. The summed E-state index contributed by atoms with van der Waals surface area (Å²) < 4.78 is 28.5. The van der Waals surface area contributed by atoms with Crippen LogP contribution in [-0.2, 0) is 10.0 Å². The first kappa shape index (κ1) is 22.9. The van der Waals surface area contributed by atoms with Crippen molar-refractivity contribution in [1.82, 2.24) is 24.4 Å². The summed E-state index contributed by atoms with van der Waals surface area (Å²) in [5.41, 5.74) is 2.00. The Bertz CT molecular complexity index is 1170. The molecule has 1 atom stereocenters. The van der Waals surface area contributed by atoms with E-state index < -0.39 is 10.0 Å². The van der Waals surface area contributed by atoms with Gasteiger partial charge in [-0.05, 0) is 44.5 Å². The minimum absolute atomic E-state index is 0.179. The molecule has 1 unspecified atom stereocenters. The van der Waals surface area contributed by atoms with Crippen LogP contribution in [0.3, 0.4) is 0 Å². The first-order valence-electron chi connectivity index (χ1n) is 10.4. The largest absolute Gasteiger partial charge is 0.345 e. The van der Waals surface area contributed by atoms with Crippen LogP contribution in [0.1, 0.15) is 62.6 Å². The maximum atomic E-state index is 12.7. The van der Waals surface area contributed by atoms with E-state index in [4.69, 9.17) is 0 Å². The third kappa shape index (κ3) is 4.62. The first-order chi connectivity index (χ1) is 14.7. The molecule has 1 amide bonds. The van der Waals surface area contributed by atoms with Crippen molar-refractivity contribution in [3.63, 3.8) is 0 Å². The lowest BCUT2D eigenvalue weighted by Crippen LogP contribution is -2.30.